The van der Waals surface area contributed by atoms with Crippen molar-refractivity contribution in [2.75, 3.05) is 5.88 Å². The maximum atomic E-state index is 13.2. The van der Waals surface area contributed by atoms with Gasteiger partial charge in [-0.1, -0.05) is 20.8 Å². The summed E-state index contributed by atoms with van der Waals surface area (Å²) in [4.78, 5) is 37.7. The monoisotopic (exact) mass is 436 g/mol. The quantitative estimate of drug-likeness (QED) is 0.374. The highest BCUT2D eigenvalue weighted by atomic mass is 35.5. The minimum Gasteiger partial charge on any atom is -0.450 e. The van der Waals surface area contributed by atoms with E-state index in [1.807, 2.05) is 0 Å². The second-order valence-corrected chi connectivity index (χ2v) is 11.2. The van der Waals surface area contributed by atoms with Crippen LogP contribution in [0.4, 0.5) is 0 Å². The van der Waals surface area contributed by atoms with E-state index in [4.69, 9.17) is 21.1 Å². The number of halogens is 1. The zero-order chi connectivity index (χ0) is 21.5. The number of Topliss-reactive ketones (excluding diaryl/α,β-unsaturated/α-hetero) is 2. The summed E-state index contributed by atoms with van der Waals surface area (Å²) in [5.41, 5.74) is -1.73. The van der Waals surface area contributed by atoms with Gasteiger partial charge in [-0.2, -0.15) is 0 Å². The molecule has 166 valence electrons. The first kappa shape index (κ1) is 20.9. The van der Waals surface area contributed by atoms with Gasteiger partial charge in [0.15, 0.2) is 11.4 Å². The lowest BCUT2D eigenvalue weighted by Crippen LogP contribution is -2.64. The molecule has 0 bridgehead atoms. The molecule has 0 N–H and O–H groups in total. The van der Waals surface area contributed by atoms with Crippen molar-refractivity contribution in [3.05, 3.63) is 0 Å². The topological polar surface area (TPSA) is 73.0 Å². The van der Waals surface area contributed by atoms with Crippen molar-refractivity contribution >= 4 is 29.1 Å². The Bertz CT molecular complexity index is 811. The summed E-state index contributed by atoms with van der Waals surface area (Å²) >= 11 is 6.05. The molecule has 4 aliphatic carbocycles. The zero-order valence-electron chi connectivity index (χ0n) is 18.3. The summed E-state index contributed by atoms with van der Waals surface area (Å²) < 4.78 is 12.6. The molecular formula is C24H33ClO5. The number of esters is 1. The predicted molar refractivity (Wildman–Crippen MR) is 111 cm³/mol. The van der Waals surface area contributed by atoms with Gasteiger partial charge in [-0.25, -0.2) is 0 Å². The minimum absolute atomic E-state index is 0.0255. The summed E-state index contributed by atoms with van der Waals surface area (Å²) in [5.74, 6) is 0.784. The van der Waals surface area contributed by atoms with Crippen LogP contribution in [0, 0.1) is 28.6 Å². The van der Waals surface area contributed by atoms with Crippen molar-refractivity contribution < 1.29 is 23.9 Å². The fourth-order valence-electron chi connectivity index (χ4n) is 8.55. The largest absolute Gasteiger partial charge is 0.450 e. The Hall–Kier alpha value is -0.940. The van der Waals surface area contributed by atoms with Gasteiger partial charge in [0, 0.05) is 30.1 Å². The molecular weight excluding hydrogens is 404 g/mol. The number of rotatable bonds is 4. The summed E-state index contributed by atoms with van der Waals surface area (Å²) in [6.07, 6.45) is 6.79. The van der Waals surface area contributed by atoms with Crippen LogP contribution in [0.3, 0.4) is 0 Å². The Morgan fingerprint density at radius 3 is 2.60 bits per heavy atom. The number of epoxide rings is 1. The molecule has 0 aromatic heterocycles. The number of ketones is 2. The van der Waals surface area contributed by atoms with Crippen molar-refractivity contribution in [2.24, 2.45) is 28.6 Å². The number of carbonyl (C=O) groups excluding carboxylic acids is 3. The molecule has 0 radical (unpaired) electrons. The maximum absolute atomic E-state index is 13.2. The molecule has 1 aliphatic heterocycles. The Morgan fingerprint density at radius 2 is 1.90 bits per heavy atom. The van der Waals surface area contributed by atoms with E-state index < -0.39 is 11.0 Å². The minimum atomic E-state index is -1.13. The van der Waals surface area contributed by atoms with Crippen LogP contribution in [0.25, 0.3) is 0 Å². The number of hydrogen-bond acceptors (Lipinski definition) is 5. The van der Waals surface area contributed by atoms with Crippen LogP contribution < -0.4 is 0 Å². The predicted octanol–water partition coefficient (Wildman–Crippen LogP) is 4.23. The highest BCUT2D eigenvalue weighted by molar-refractivity contribution is 6.29. The Balaban J connectivity index is 1.53. The van der Waals surface area contributed by atoms with E-state index >= 15 is 0 Å². The fourth-order valence-corrected chi connectivity index (χ4v) is 8.76. The van der Waals surface area contributed by atoms with Crippen LogP contribution in [0.5, 0.6) is 0 Å². The third kappa shape index (κ3) is 2.32. The number of hydrogen-bond donors (Lipinski definition) is 0. The number of alkyl halides is 1. The number of carbonyl (C=O) groups is 3. The van der Waals surface area contributed by atoms with Gasteiger partial charge in [-0.3, -0.25) is 14.4 Å². The molecule has 8 atom stereocenters. The van der Waals surface area contributed by atoms with Crippen LogP contribution >= 0.6 is 11.6 Å². The maximum Gasteiger partial charge on any atom is 0.306 e. The van der Waals surface area contributed by atoms with Gasteiger partial charge in [0.25, 0.3) is 0 Å². The second-order valence-electron chi connectivity index (χ2n) is 10.9. The Labute approximate surface area is 183 Å². The first-order chi connectivity index (χ1) is 14.2. The van der Waals surface area contributed by atoms with E-state index in [-0.39, 0.29) is 47.1 Å². The van der Waals surface area contributed by atoms with Crippen LogP contribution in [-0.4, -0.2) is 40.7 Å². The zero-order valence-corrected chi connectivity index (χ0v) is 19.1. The second kappa shape index (κ2) is 6.54. The first-order valence-corrected chi connectivity index (χ1v) is 12.2. The molecule has 0 amide bonds. The molecule has 6 heteroatoms. The molecule has 4 saturated carbocycles. The van der Waals surface area contributed by atoms with Crippen LogP contribution in [0.15, 0.2) is 0 Å². The molecule has 1 saturated heterocycles. The van der Waals surface area contributed by atoms with E-state index in [0.717, 1.165) is 32.1 Å². The van der Waals surface area contributed by atoms with Crippen molar-refractivity contribution in [1.82, 2.24) is 0 Å². The molecule has 2 unspecified atom stereocenters. The van der Waals surface area contributed by atoms with Gasteiger partial charge in [0.2, 0.25) is 0 Å². The molecule has 1 spiro atoms. The molecule has 5 fully saturated rings. The molecule has 1 heterocycles. The molecule has 5 aliphatic rings. The van der Waals surface area contributed by atoms with Crippen molar-refractivity contribution in [3.63, 3.8) is 0 Å². The summed E-state index contributed by atoms with van der Waals surface area (Å²) in [6.45, 7) is 6.25. The van der Waals surface area contributed by atoms with E-state index in [9.17, 15) is 14.4 Å². The van der Waals surface area contributed by atoms with Gasteiger partial charge < -0.3 is 9.47 Å². The molecule has 5 rings (SSSR count). The van der Waals surface area contributed by atoms with E-state index in [2.05, 4.69) is 13.8 Å². The van der Waals surface area contributed by atoms with Crippen LogP contribution in [0.2, 0.25) is 0 Å². The van der Waals surface area contributed by atoms with Gasteiger partial charge in [0.1, 0.15) is 11.4 Å². The van der Waals surface area contributed by atoms with E-state index in [1.165, 1.54) is 0 Å². The molecule has 0 aromatic rings. The normalized spacial score (nSPS) is 51.3. The number of fused-ring (bicyclic) bond motifs is 3. The molecule has 30 heavy (non-hydrogen) atoms. The van der Waals surface area contributed by atoms with E-state index in [1.54, 1.807) is 6.92 Å². The fraction of sp³-hybridized carbons (Fsp3) is 0.875. The van der Waals surface area contributed by atoms with Gasteiger partial charge in [-0.15, -0.1) is 11.6 Å². The van der Waals surface area contributed by atoms with Gasteiger partial charge >= 0.3 is 5.97 Å². The third-order valence-corrected chi connectivity index (χ3v) is 10.4. The van der Waals surface area contributed by atoms with Crippen molar-refractivity contribution in [3.8, 4) is 0 Å². The lowest BCUT2D eigenvalue weighted by Gasteiger charge is -2.59. The first-order valence-electron chi connectivity index (χ1n) is 11.7. The number of ether oxygens (including phenoxy) is 2. The lowest BCUT2D eigenvalue weighted by molar-refractivity contribution is -0.187. The Kier molecular flexibility index (Phi) is 4.56. The van der Waals surface area contributed by atoms with Crippen molar-refractivity contribution in [2.45, 2.75) is 95.9 Å². The van der Waals surface area contributed by atoms with Gasteiger partial charge in [-0.05, 0) is 56.3 Å². The Morgan fingerprint density at radius 1 is 1.13 bits per heavy atom. The smallest absolute Gasteiger partial charge is 0.306 e. The highest BCUT2D eigenvalue weighted by Crippen LogP contribution is 2.77. The van der Waals surface area contributed by atoms with Crippen LogP contribution in [-0.2, 0) is 23.9 Å². The van der Waals surface area contributed by atoms with Crippen LogP contribution in [0.1, 0.15) is 78.6 Å². The third-order valence-electron chi connectivity index (χ3n) is 10.1. The standard InChI is InChI=1S/C24H33ClO5/c1-4-20(28)30-23(18(27)13-25)10-8-16-17-6-5-14-11-15(26)7-9-21(14,2)24(17)19(29-24)12-22(16,23)3/h14,16-17,19H,4-13H2,1-3H3/t14?,16-,17-,19?,21-,22-,23-,24-/m0/s1. The van der Waals surface area contributed by atoms with E-state index in [0.29, 0.717) is 36.9 Å². The summed E-state index contributed by atoms with van der Waals surface area (Å²) in [5, 5.41) is 0. The molecule has 0 aromatic carbocycles. The lowest BCUT2D eigenvalue weighted by atomic mass is 9.44. The summed E-state index contributed by atoms with van der Waals surface area (Å²) in [6, 6.07) is 0. The highest BCUT2D eigenvalue weighted by Gasteiger charge is 2.82. The average Bonchev–Trinajstić information content (AvgIpc) is 3.37. The van der Waals surface area contributed by atoms with Crippen molar-refractivity contribution in [1.29, 1.82) is 0 Å². The molecule has 5 nitrogen and oxygen atoms in total. The average molecular weight is 437 g/mol. The SMILES string of the molecule is CCC(=O)O[C@]1(C(=O)CCl)CC[C@H]2[C@@H]3CCC4CC(=O)CC[C@]4(C)[C@]34OC4C[C@@]21C. The van der Waals surface area contributed by atoms with Gasteiger partial charge in [0.05, 0.1) is 12.0 Å². The summed E-state index contributed by atoms with van der Waals surface area (Å²) in [7, 11) is 0.